The van der Waals surface area contributed by atoms with Gasteiger partial charge in [0.1, 0.15) is 0 Å². The normalized spacial score (nSPS) is 29.6. The zero-order chi connectivity index (χ0) is 14.4. The molecule has 2 aliphatic rings. The predicted molar refractivity (Wildman–Crippen MR) is 79.4 cm³/mol. The van der Waals surface area contributed by atoms with Crippen LogP contribution in [-0.2, 0) is 0 Å². The van der Waals surface area contributed by atoms with Gasteiger partial charge in [0.25, 0.3) is 0 Å². The highest BCUT2D eigenvalue weighted by atomic mass is 16.4. The third kappa shape index (κ3) is 2.14. The average Bonchev–Trinajstić information content (AvgIpc) is 2.61. The molecule has 3 rings (SSSR count). The Hall–Kier alpha value is -1.35. The first-order valence-corrected chi connectivity index (χ1v) is 7.53. The van der Waals surface area contributed by atoms with Crippen LogP contribution in [0.5, 0.6) is 0 Å². The van der Waals surface area contributed by atoms with Gasteiger partial charge in [0, 0.05) is 12.1 Å². The lowest BCUT2D eigenvalue weighted by Crippen LogP contribution is -2.39. The van der Waals surface area contributed by atoms with Gasteiger partial charge in [-0.15, -0.1) is 0 Å². The van der Waals surface area contributed by atoms with Crippen molar-refractivity contribution in [1.82, 2.24) is 4.90 Å². The quantitative estimate of drug-likeness (QED) is 0.898. The SMILES string of the molecule is Cc1cc(C)c([C@@H]2C[C@H]3CC[C@@H](C2)N3C)c(C(=O)O)c1. The number of fused-ring (bicyclic) bond motifs is 2. The zero-order valence-electron chi connectivity index (χ0n) is 12.5. The molecular weight excluding hydrogens is 250 g/mol. The molecule has 2 fully saturated rings. The Morgan fingerprint density at radius 2 is 1.80 bits per heavy atom. The van der Waals surface area contributed by atoms with E-state index < -0.39 is 5.97 Å². The molecule has 0 radical (unpaired) electrons. The van der Waals surface area contributed by atoms with Crippen LogP contribution in [0.3, 0.4) is 0 Å². The van der Waals surface area contributed by atoms with Gasteiger partial charge in [-0.2, -0.15) is 0 Å². The van der Waals surface area contributed by atoms with Gasteiger partial charge in [-0.3, -0.25) is 0 Å². The summed E-state index contributed by atoms with van der Waals surface area (Å²) in [4.78, 5) is 14.1. The van der Waals surface area contributed by atoms with Crippen LogP contribution in [0, 0.1) is 13.8 Å². The summed E-state index contributed by atoms with van der Waals surface area (Å²) < 4.78 is 0. The summed E-state index contributed by atoms with van der Waals surface area (Å²) in [6, 6.07) is 5.24. The van der Waals surface area contributed by atoms with Crippen LogP contribution in [0.15, 0.2) is 12.1 Å². The summed E-state index contributed by atoms with van der Waals surface area (Å²) >= 11 is 0. The molecule has 0 aliphatic carbocycles. The summed E-state index contributed by atoms with van der Waals surface area (Å²) in [6.07, 6.45) is 4.75. The van der Waals surface area contributed by atoms with E-state index in [1.54, 1.807) is 0 Å². The molecule has 3 heteroatoms. The minimum atomic E-state index is -0.780. The van der Waals surface area contributed by atoms with E-state index in [9.17, 15) is 9.90 Å². The lowest BCUT2D eigenvalue weighted by atomic mass is 9.80. The van der Waals surface area contributed by atoms with Crippen LogP contribution >= 0.6 is 0 Å². The molecule has 20 heavy (non-hydrogen) atoms. The van der Waals surface area contributed by atoms with Gasteiger partial charge in [-0.25, -0.2) is 4.79 Å². The average molecular weight is 273 g/mol. The molecule has 0 amide bonds. The Bertz CT molecular complexity index is 538. The second-order valence-corrected chi connectivity index (χ2v) is 6.57. The molecular formula is C17H23NO2. The fourth-order valence-corrected chi connectivity index (χ4v) is 4.34. The van der Waals surface area contributed by atoms with Crippen molar-refractivity contribution in [3.05, 3.63) is 34.4 Å². The topological polar surface area (TPSA) is 40.5 Å². The lowest BCUT2D eigenvalue weighted by molar-refractivity contribution is 0.0693. The molecule has 108 valence electrons. The number of aromatic carboxylic acids is 1. The number of hydrogen-bond donors (Lipinski definition) is 1. The molecule has 0 unspecified atom stereocenters. The van der Waals surface area contributed by atoms with E-state index in [1.807, 2.05) is 13.0 Å². The van der Waals surface area contributed by atoms with Crippen LogP contribution in [-0.4, -0.2) is 35.1 Å². The van der Waals surface area contributed by atoms with E-state index in [0.29, 0.717) is 23.6 Å². The highest BCUT2D eigenvalue weighted by molar-refractivity contribution is 5.90. The molecule has 3 nitrogen and oxygen atoms in total. The van der Waals surface area contributed by atoms with E-state index in [4.69, 9.17) is 0 Å². The zero-order valence-corrected chi connectivity index (χ0v) is 12.5. The van der Waals surface area contributed by atoms with Crippen molar-refractivity contribution in [2.75, 3.05) is 7.05 Å². The Kier molecular flexibility index (Phi) is 3.33. The van der Waals surface area contributed by atoms with Crippen LogP contribution in [0.1, 0.15) is 58.6 Å². The number of hydrogen-bond acceptors (Lipinski definition) is 2. The minimum Gasteiger partial charge on any atom is -0.478 e. The molecule has 1 aromatic rings. The van der Waals surface area contributed by atoms with Crippen molar-refractivity contribution in [1.29, 1.82) is 0 Å². The van der Waals surface area contributed by atoms with Crippen molar-refractivity contribution < 1.29 is 9.90 Å². The van der Waals surface area contributed by atoms with E-state index in [2.05, 4.69) is 24.9 Å². The number of carboxylic acid groups (broad SMARTS) is 1. The van der Waals surface area contributed by atoms with Gasteiger partial charge in [-0.05, 0) is 75.3 Å². The Morgan fingerprint density at radius 3 is 2.35 bits per heavy atom. The van der Waals surface area contributed by atoms with Crippen LogP contribution in [0.4, 0.5) is 0 Å². The van der Waals surface area contributed by atoms with Gasteiger partial charge < -0.3 is 10.0 Å². The van der Waals surface area contributed by atoms with E-state index in [1.165, 1.54) is 12.8 Å². The van der Waals surface area contributed by atoms with Crippen molar-refractivity contribution in [2.45, 2.75) is 57.5 Å². The number of aryl methyl sites for hydroxylation is 2. The minimum absolute atomic E-state index is 0.412. The van der Waals surface area contributed by atoms with E-state index in [0.717, 1.165) is 29.5 Å². The first kappa shape index (κ1) is 13.6. The standard InChI is InChI=1S/C17H23NO2/c1-10-6-11(2)16(15(7-10)17(19)20)12-8-13-4-5-14(9-12)18(13)3/h6-7,12-14H,4-5,8-9H2,1-3H3,(H,19,20)/t12-,13-,14+. The number of carbonyl (C=O) groups is 1. The maximum absolute atomic E-state index is 11.6. The first-order valence-electron chi connectivity index (χ1n) is 7.53. The number of benzene rings is 1. The first-order chi connectivity index (χ1) is 9.47. The number of piperidine rings is 1. The fourth-order valence-electron chi connectivity index (χ4n) is 4.34. The third-order valence-electron chi connectivity index (χ3n) is 5.27. The van der Waals surface area contributed by atoms with Gasteiger partial charge in [0.05, 0.1) is 5.56 Å². The molecule has 2 saturated heterocycles. The van der Waals surface area contributed by atoms with E-state index in [-0.39, 0.29) is 0 Å². The second-order valence-electron chi connectivity index (χ2n) is 6.57. The summed E-state index contributed by atoms with van der Waals surface area (Å²) in [6.45, 7) is 4.04. The van der Waals surface area contributed by atoms with Crippen molar-refractivity contribution in [3.63, 3.8) is 0 Å². The summed E-state index contributed by atoms with van der Waals surface area (Å²) in [5.74, 6) is -0.367. The molecule has 2 aliphatic heterocycles. The largest absolute Gasteiger partial charge is 0.478 e. The Balaban J connectivity index is 2.00. The predicted octanol–water partition coefficient (Wildman–Crippen LogP) is 3.34. The third-order valence-corrected chi connectivity index (χ3v) is 5.27. The van der Waals surface area contributed by atoms with Gasteiger partial charge in [-0.1, -0.05) is 6.07 Å². The molecule has 0 aromatic heterocycles. The van der Waals surface area contributed by atoms with Gasteiger partial charge in [0.15, 0.2) is 0 Å². The van der Waals surface area contributed by atoms with Gasteiger partial charge in [0.2, 0.25) is 0 Å². The van der Waals surface area contributed by atoms with Crippen molar-refractivity contribution >= 4 is 5.97 Å². The van der Waals surface area contributed by atoms with Gasteiger partial charge >= 0.3 is 5.97 Å². The Labute approximate surface area is 120 Å². The molecule has 0 spiro atoms. The maximum atomic E-state index is 11.6. The number of carboxylic acids is 1. The lowest BCUT2D eigenvalue weighted by Gasteiger charge is -2.37. The highest BCUT2D eigenvalue weighted by Crippen LogP contribution is 2.44. The molecule has 0 saturated carbocycles. The maximum Gasteiger partial charge on any atom is 0.335 e. The molecule has 2 bridgehead atoms. The van der Waals surface area contributed by atoms with Crippen LogP contribution in [0.25, 0.3) is 0 Å². The van der Waals surface area contributed by atoms with Crippen LogP contribution < -0.4 is 0 Å². The number of rotatable bonds is 2. The monoisotopic (exact) mass is 273 g/mol. The number of nitrogens with zero attached hydrogens (tertiary/aromatic N) is 1. The molecule has 3 atom stereocenters. The van der Waals surface area contributed by atoms with Crippen molar-refractivity contribution in [2.24, 2.45) is 0 Å². The molecule has 2 heterocycles. The summed E-state index contributed by atoms with van der Waals surface area (Å²) in [5, 5.41) is 9.53. The van der Waals surface area contributed by atoms with Crippen LogP contribution in [0.2, 0.25) is 0 Å². The summed E-state index contributed by atoms with van der Waals surface area (Å²) in [5.41, 5.74) is 3.81. The van der Waals surface area contributed by atoms with E-state index >= 15 is 0 Å². The van der Waals surface area contributed by atoms with Crippen molar-refractivity contribution in [3.8, 4) is 0 Å². The Morgan fingerprint density at radius 1 is 1.20 bits per heavy atom. The highest BCUT2D eigenvalue weighted by Gasteiger charge is 2.40. The molecule has 1 N–H and O–H groups in total. The smallest absolute Gasteiger partial charge is 0.335 e. The fraction of sp³-hybridized carbons (Fsp3) is 0.588. The molecule has 1 aromatic carbocycles. The second kappa shape index (κ2) is 4.88. The summed E-state index contributed by atoms with van der Waals surface area (Å²) in [7, 11) is 2.22.